The molecule has 1 rings (SSSR count). The Balaban J connectivity index is 3.13. The van der Waals surface area contributed by atoms with Gasteiger partial charge < -0.3 is 10.6 Å². The lowest BCUT2D eigenvalue weighted by Gasteiger charge is -2.07. The summed E-state index contributed by atoms with van der Waals surface area (Å²) in [4.78, 5) is 11.5. The lowest BCUT2D eigenvalue weighted by molar-refractivity contribution is 0.0964. The Kier molecular flexibility index (Phi) is 2.00. The molecule has 0 aliphatic heterocycles. The highest BCUT2D eigenvalue weighted by atomic mass is 35.5. The van der Waals surface area contributed by atoms with Crippen LogP contribution in [0.25, 0.3) is 0 Å². The number of carbonyl (C=O) groups is 1. The highest BCUT2D eigenvalue weighted by Gasteiger charge is 2.08. The summed E-state index contributed by atoms with van der Waals surface area (Å²) in [5.74, 6) is -0.394. The summed E-state index contributed by atoms with van der Waals surface area (Å²) in [6.07, 6.45) is 0. The number of benzene rings is 1. The average Bonchev–Trinajstić information content (AvgIpc) is 2.17. The monoisotopic (exact) mass is 201 g/mol. The first-order valence-electron chi connectivity index (χ1n) is 5.13. The third-order valence-electron chi connectivity index (χ3n) is 1.59. The molecule has 0 heterocycles. The minimum Gasteiger partial charge on any atom is -0.387 e. The van der Waals surface area contributed by atoms with Crippen molar-refractivity contribution in [2.24, 2.45) is 0 Å². The van der Waals surface area contributed by atoms with Gasteiger partial charge in [-0.25, -0.2) is 0 Å². The van der Waals surface area contributed by atoms with Gasteiger partial charge in [0.2, 0.25) is 0 Å². The summed E-state index contributed by atoms with van der Waals surface area (Å²) < 4.78 is 21.2. The largest absolute Gasteiger partial charge is 0.387 e. The van der Waals surface area contributed by atoms with E-state index in [1.54, 1.807) is 0 Å². The Morgan fingerprint density at radius 1 is 1.62 bits per heavy atom. The van der Waals surface area contributed by atoms with Crippen molar-refractivity contribution in [3.8, 4) is 0 Å². The van der Waals surface area contributed by atoms with Crippen molar-refractivity contribution in [3.63, 3.8) is 0 Å². The number of anilines is 1. The molecule has 1 aromatic rings. The smallest absolute Gasteiger partial charge is 0.253 e. The second-order valence-electron chi connectivity index (χ2n) is 2.39. The van der Waals surface area contributed by atoms with Crippen LogP contribution in [0.3, 0.4) is 0 Å². The molecule has 0 radical (unpaired) electrons. The fraction of sp³-hybridized carbons (Fsp3) is 0.222. The van der Waals surface area contributed by atoms with Gasteiger partial charge in [-0.2, -0.15) is 0 Å². The van der Waals surface area contributed by atoms with Crippen molar-refractivity contribution >= 4 is 23.2 Å². The number of hydrogen-bond donors (Lipinski definition) is 2. The zero-order valence-electron chi connectivity index (χ0n) is 10.0. The molecule has 0 atom stereocenters. The van der Waals surface area contributed by atoms with Crippen molar-refractivity contribution in [2.45, 2.75) is 0 Å². The number of halogens is 1. The van der Waals surface area contributed by atoms with Crippen LogP contribution in [-0.4, -0.2) is 19.9 Å². The van der Waals surface area contributed by atoms with Gasteiger partial charge in [0.25, 0.3) is 5.91 Å². The molecule has 4 heteroatoms. The fourth-order valence-corrected chi connectivity index (χ4v) is 1.12. The van der Waals surface area contributed by atoms with Crippen LogP contribution in [0, 0.1) is 0 Å². The van der Waals surface area contributed by atoms with Gasteiger partial charge in [0, 0.05) is 28.8 Å². The first kappa shape index (κ1) is 6.27. The molecular formula is C9H11ClN2O. The molecule has 0 spiro atoms. The van der Waals surface area contributed by atoms with Gasteiger partial charge in [0.1, 0.15) is 0 Å². The zero-order chi connectivity index (χ0) is 12.3. The van der Waals surface area contributed by atoms with Crippen molar-refractivity contribution in [1.82, 2.24) is 5.32 Å². The molecule has 0 saturated carbocycles. The molecule has 1 amide bonds. The van der Waals surface area contributed by atoms with Crippen LogP contribution in [-0.2, 0) is 0 Å². The number of rotatable bonds is 2. The maximum absolute atomic E-state index is 11.5. The molecule has 0 fully saturated rings. The van der Waals surface area contributed by atoms with E-state index in [0.29, 0.717) is 5.02 Å². The molecule has 2 N–H and O–H groups in total. The lowest BCUT2D eigenvalue weighted by atomic mass is 10.1. The van der Waals surface area contributed by atoms with Crippen molar-refractivity contribution in [2.75, 3.05) is 19.3 Å². The Morgan fingerprint density at radius 2 is 2.38 bits per heavy atom. The van der Waals surface area contributed by atoms with Gasteiger partial charge in [-0.05, 0) is 18.2 Å². The third kappa shape index (κ3) is 2.12. The molecule has 70 valence electrons. The Bertz CT molecular complexity index is 406. The second-order valence-corrected chi connectivity index (χ2v) is 2.83. The average molecular weight is 202 g/mol. The van der Waals surface area contributed by atoms with Crippen LogP contribution in [0.15, 0.2) is 18.2 Å². The lowest BCUT2D eigenvalue weighted by Crippen LogP contribution is -2.19. The third-order valence-corrected chi connectivity index (χ3v) is 1.82. The molecular weight excluding hydrogens is 188 g/mol. The number of amides is 1. The molecule has 0 bridgehead atoms. The summed E-state index contributed by atoms with van der Waals surface area (Å²) in [5, 5.41) is 5.06. The van der Waals surface area contributed by atoms with Crippen LogP contribution in [0.2, 0.25) is 5.02 Å². The van der Waals surface area contributed by atoms with E-state index in [4.69, 9.17) is 15.7 Å². The van der Waals surface area contributed by atoms with E-state index in [1.807, 2.05) is 0 Å². The van der Waals surface area contributed by atoms with Crippen molar-refractivity contribution in [1.29, 1.82) is 0 Å². The number of hydrogen-bond acceptors (Lipinski definition) is 2. The molecule has 0 aliphatic carbocycles. The maximum Gasteiger partial charge on any atom is 0.253 e. The van der Waals surface area contributed by atoms with E-state index < -0.39 is 12.9 Å². The molecule has 13 heavy (non-hydrogen) atoms. The summed E-state index contributed by atoms with van der Waals surface area (Å²) in [7, 11) is 1.46. The first-order chi connectivity index (χ1) is 7.33. The summed E-state index contributed by atoms with van der Waals surface area (Å²) in [5.41, 5.74) is 0.426. The van der Waals surface area contributed by atoms with Crippen LogP contribution >= 0.6 is 11.6 Å². The van der Waals surface area contributed by atoms with Crippen LogP contribution in [0.4, 0.5) is 5.69 Å². The van der Waals surface area contributed by atoms with E-state index in [1.165, 1.54) is 25.2 Å². The van der Waals surface area contributed by atoms with Gasteiger partial charge in [-0.15, -0.1) is 0 Å². The normalized spacial score (nSPS) is 13.8. The summed E-state index contributed by atoms with van der Waals surface area (Å²) in [6.45, 7) is -2.35. The zero-order valence-corrected chi connectivity index (χ0v) is 7.77. The van der Waals surface area contributed by atoms with E-state index in [-0.39, 0.29) is 11.3 Å². The molecule has 0 saturated heterocycles. The topological polar surface area (TPSA) is 41.1 Å². The highest BCUT2D eigenvalue weighted by molar-refractivity contribution is 6.31. The van der Waals surface area contributed by atoms with Gasteiger partial charge in [-0.3, -0.25) is 4.79 Å². The Hall–Kier alpha value is -1.22. The van der Waals surface area contributed by atoms with E-state index in [9.17, 15) is 4.79 Å². The van der Waals surface area contributed by atoms with Crippen LogP contribution in [0.5, 0.6) is 0 Å². The van der Waals surface area contributed by atoms with Crippen molar-refractivity contribution < 1.29 is 8.91 Å². The minimum atomic E-state index is -2.35. The molecule has 0 aromatic heterocycles. The van der Waals surface area contributed by atoms with E-state index in [2.05, 4.69) is 10.6 Å². The van der Waals surface area contributed by atoms with Crippen LogP contribution < -0.4 is 10.6 Å². The van der Waals surface area contributed by atoms with Crippen molar-refractivity contribution in [3.05, 3.63) is 28.8 Å². The summed E-state index contributed by atoms with van der Waals surface area (Å²) in [6, 6.07) is 4.38. The van der Waals surface area contributed by atoms with Gasteiger partial charge in [0.15, 0.2) is 0 Å². The minimum absolute atomic E-state index is 0.200. The molecule has 1 aromatic carbocycles. The van der Waals surface area contributed by atoms with E-state index in [0.717, 1.165) is 0 Å². The second kappa shape index (κ2) is 4.14. The fourth-order valence-electron chi connectivity index (χ4n) is 0.948. The number of carbonyl (C=O) groups excluding carboxylic acids is 1. The van der Waals surface area contributed by atoms with E-state index >= 15 is 0 Å². The van der Waals surface area contributed by atoms with Gasteiger partial charge >= 0.3 is 0 Å². The number of nitrogens with one attached hydrogen (secondary N) is 2. The quantitative estimate of drug-likeness (QED) is 0.766. The predicted molar refractivity (Wildman–Crippen MR) is 54.4 cm³/mol. The van der Waals surface area contributed by atoms with Gasteiger partial charge in [-0.1, -0.05) is 11.6 Å². The molecule has 0 aliphatic rings. The molecule has 0 unspecified atom stereocenters. The maximum atomic E-state index is 11.5. The summed E-state index contributed by atoms with van der Waals surface area (Å²) >= 11 is 5.74. The first-order valence-corrected chi connectivity index (χ1v) is 4.01. The SMILES string of the molecule is [2H]C([2H])([2H])Nc1ccc(Cl)cc1C(=O)NC. The Morgan fingerprint density at radius 3 is 3.00 bits per heavy atom. The van der Waals surface area contributed by atoms with Crippen LogP contribution in [0.1, 0.15) is 14.5 Å². The molecule has 3 nitrogen and oxygen atoms in total. The highest BCUT2D eigenvalue weighted by Crippen LogP contribution is 2.19. The Labute approximate surface area is 86.3 Å². The predicted octanol–water partition coefficient (Wildman–Crippen LogP) is 1.74. The van der Waals surface area contributed by atoms with Gasteiger partial charge in [0.05, 0.1) is 5.56 Å². The standard InChI is InChI=1S/C9H11ClN2O/c1-11-8-4-3-6(10)5-7(8)9(13)12-2/h3-5,11H,1-2H3,(H,12,13)/i1D3.